The fourth-order valence-corrected chi connectivity index (χ4v) is 9.58. The summed E-state index contributed by atoms with van der Waals surface area (Å²) in [7, 11) is 0. The van der Waals surface area contributed by atoms with Gasteiger partial charge in [-0.15, -0.1) is 0 Å². The summed E-state index contributed by atoms with van der Waals surface area (Å²) in [6.45, 7) is 0. The van der Waals surface area contributed by atoms with Crippen molar-refractivity contribution in [2.75, 3.05) is 0 Å². The quantitative estimate of drug-likeness (QED) is 0.170. The van der Waals surface area contributed by atoms with Crippen LogP contribution in [0, 0.1) is 0 Å². The van der Waals surface area contributed by atoms with Gasteiger partial charge in [0.05, 0.1) is 33.3 Å². The van der Waals surface area contributed by atoms with E-state index in [9.17, 15) is 0 Å². The zero-order valence-corrected chi connectivity index (χ0v) is 30.5. The molecular formula is C52H30N4O. The second kappa shape index (κ2) is 11.4. The Bertz CT molecular complexity index is 3780. The van der Waals surface area contributed by atoms with Crippen LogP contribution in [-0.4, -0.2) is 19.1 Å². The van der Waals surface area contributed by atoms with E-state index in [1.807, 2.05) is 6.20 Å². The van der Waals surface area contributed by atoms with E-state index in [1.54, 1.807) is 0 Å². The van der Waals surface area contributed by atoms with Crippen LogP contribution in [-0.2, 0) is 0 Å². The van der Waals surface area contributed by atoms with Crippen LogP contribution in [0.2, 0.25) is 0 Å². The maximum Gasteiger partial charge on any atom is 0.235 e. The van der Waals surface area contributed by atoms with Gasteiger partial charge in [0, 0.05) is 54.9 Å². The minimum atomic E-state index is 0.651. The van der Waals surface area contributed by atoms with Crippen molar-refractivity contribution < 1.29 is 4.42 Å². The van der Waals surface area contributed by atoms with E-state index in [4.69, 9.17) is 14.4 Å². The molecule has 0 atom stereocenters. The number of hydrogen-bond donors (Lipinski definition) is 0. The molecule has 0 aliphatic heterocycles. The predicted molar refractivity (Wildman–Crippen MR) is 236 cm³/mol. The maximum absolute atomic E-state index is 6.96. The number of nitrogens with zero attached hydrogens (tertiary/aromatic N) is 4. The summed E-state index contributed by atoms with van der Waals surface area (Å²) in [5, 5.41) is 12.6. The Hall–Kier alpha value is -7.76. The first-order valence-corrected chi connectivity index (χ1v) is 19.3. The largest absolute Gasteiger partial charge is 0.453 e. The molecule has 0 unspecified atom stereocenters. The van der Waals surface area contributed by atoms with E-state index in [0.717, 1.165) is 87.9 Å². The fraction of sp³-hybridized carbons (Fsp3) is 0. The van der Waals surface area contributed by atoms with Gasteiger partial charge in [-0.2, -0.15) is 0 Å². The maximum atomic E-state index is 6.96. The van der Waals surface area contributed by atoms with Crippen molar-refractivity contribution in [3.05, 3.63) is 182 Å². The molecule has 4 heterocycles. The highest BCUT2D eigenvalue weighted by Crippen LogP contribution is 2.45. The summed E-state index contributed by atoms with van der Waals surface area (Å²) in [5.41, 5.74) is 10.3. The zero-order chi connectivity index (χ0) is 37.2. The standard InChI is InChI=1S/C52H30N4O/c1-2-14-31(15-3-1)32-22-12-23-37-38-24-13-27-46(51(38)57-50(32)37)55-42-25-10-8-20-39(42)47-44(55)28-29-45-48(47)40-21-9-11-26-43(40)56(45)52-53-30-41-35-18-5-4-16-33(35)34-17-6-7-19-36(34)49(41)54-52/h1-30H. The molecule has 0 saturated carbocycles. The molecular weight excluding hydrogens is 697 g/mol. The third-order valence-electron chi connectivity index (χ3n) is 12.0. The van der Waals surface area contributed by atoms with Crippen molar-refractivity contribution in [1.82, 2.24) is 19.1 Å². The van der Waals surface area contributed by atoms with Gasteiger partial charge in [-0.1, -0.05) is 146 Å². The minimum Gasteiger partial charge on any atom is -0.453 e. The first-order chi connectivity index (χ1) is 28.3. The van der Waals surface area contributed by atoms with E-state index < -0.39 is 0 Å². The molecule has 0 aliphatic rings. The van der Waals surface area contributed by atoms with Crippen molar-refractivity contribution in [3.63, 3.8) is 0 Å². The number of hydrogen-bond acceptors (Lipinski definition) is 3. The van der Waals surface area contributed by atoms with Crippen molar-refractivity contribution in [3.8, 4) is 22.8 Å². The second-order valence-corrected chi connectivity index (χ2v) is 14.9. The number of aromatic nitrogens is 4. The molecule has 0 amide bonds. The van der Waals surface area contributed by atoms with E-state index in [1.165, 1.54) is 26.9 Å². The van der Waals surface area contributed by atoms with Gasteiger partial charge in [-0.3, -0.25) is 4.57 Å². The van der Waals surface area contributed by atoms with Crippen LogP contribution in [0.5, 0.6) is 0 Å². The molecule has 0 spiro atoms. The van der Waals surface area contributed by atoms with E-state index in [2.05, 4.69) is 185 Å². The summed E-state index contributed by atoms with van der Waals surface area (Å²) in [4.78, 5) is 10.5. The van der Waals surface area contributed by atoms with Gasteiger partial charge in [0.25, 0.3) is 0 Å². The van der Waals surface area contributed by atoms with Gasteiger partial charge in [0.1, 0.15) is 5.58 Å². The lowest BCUT2D eigenvalue weighted by Crippen LogP contribution is -2.01. The van der Waals surface area contributed by atoms with E-state index in [0.29, 0.717) is 5.95 Å². The molecule has 0 saturated heterocycles. The normalized spacial score (nSPS) is 12.2. The Balaban J connectivity index is 1.11. The van der Waals surface area contributed by atoms with Gasteiger partial charge >= 0.3 is 0 Å². The molecule has 9 aromatic carbocycles. The Morgan fingerprint density at radius 3 is 1.61 bits per heavy atom. The predicted octanol–water partition coefficient (Wildman–Crippen LogP) is 13.7. The number of para-hydroxylation sites is 4. The zero-order valence-electron chi connectivity index (χ0n) is 30.5. The third-order valence-corrected chi connectivity index (χ3v) is 12.0. The fourth-order valence-electron chi connectivity index (χ4n) is 9.58. The molecule has 0 bridgehead atoms. The Morgan fingerprint density at radius 2 is 0.895 bits per heavy atom. The van der Waals surface area contributed by atoms with E-state index >= 15 is 0 Å². The van der Waals surface area contributed by atoms with Gasteiger partial charge in [-0.25, -0.2) is 9.97 Å². The topological polar surface area (TPSA) is 48.8 Å². The van der Waals surface area contributed by atoms with Crippen molar-refractivity contribution in [2.24, 2.45) is 0 Å². The van der Waals surface area contributed by atoms with Gasteiger partial charge in [0.2, 0.25) is 5.95 Å². The number of fused-ring (bicyclic) bond motifs is 16. The first kappa shape index (κ1) is 30.6. The van der Waals surface area contributed by atoms with Crippen LogP contribution in [0.15, 0.2) is 187 Å². The lowest BCUT2D eigenvalue weighted by molar-refractivity contribution is 0.667. The van der Waals surface area contributed by atoms with Crippen LogP contribution in [0.25, 0.3) is 121 Å². The Labute approximate surface area is 325 Å². The molecule has 0 aliphatic carbocycles. The summed E-state index contributed by atoms with van der Waals surface area (Å²) < 4.78 is 11.6. The average Bonchev–Trinajstić information content (AvgIpc) is 3.94. The van der Waals surface area contributed by atoms with Crippen molar-refractivity contribution >= 4 is 98.0 Å². The molecule has 0 radical (unpaired) electrons. The molecule has 264 valence electrons. The highest BCUT2D eigenvalue weighted by molar-refractivity contribution is 6.29. The lowest BCUT2D eigenvalue weighted by Gasteiger charge is -2.12. The SMILES string of the molecule is c1ccc(-c2cccc3c2oc2c(-n4c5ccccc5c5c6c7ccccc7n(-c7ncc8c9ccccc9c9ccccc9c8n7)c6ccc54)cccc23)cc1. The van der Waals surface area contributed by atoms with E-state index in [-0.39, 0.29) is 0 Å². The van der Waals surface area contributed by atoms with Crippen LogP contribution >= 0.6 is 0 Å². The van der Waals surface area contributed by atoms with Crippen molar-refractivity contribution in [2.45, 2.75) is 0 Å². The summed E-state index contributed by atoms with van der Waals surface area (Å²) >= 11 is 0. The van der Waals surface area contributed by atoms with Crippen molar-refractivity contribution in [1.29, 1.82) is 0 Å². The monoisotopic (exact) mass is 726 g/mol. The molecule has 5 heteroatoms. The highest BCUT2D eigenvalue weighted by atomic mass is 16.3. The van der Waals surface area contributed by atoms with Gasteiger partial charge in [-0.05, 0) is 52.1 Å². The average molecular weight is 727 g/mol. The lowest BCUT2D eigenvalue weighted by atomic mass is 9.98. The van der Waals surface area contributed by atoms with Crippen LogP contribution in [0.1, 0.15) is 0 Å². The van der Waals surface area contributed by atoms with Crippen LogP contribution < -0.4 is 0 Å². The van der Waals surface area contributed by atoms with Crippen LogP contribution in [0.4, 0.5) is 0 Å². The number of benzene rings is 9. The number of furan rings is 1. The molecule has 13 rings (SSSR count). The summed E-state index contributed by atoms with van der Waals surface area (Å²) in [6, 6.07) is 62.5. The van der Waals surface area contributed by atoms with Gasteiger partial charge in [0.15, 0.2) is 5.58 Å². The third kappa shape index (κ3) is 4.12. The Morgan fingerprint density at radius 1 is 0.368 bits per heavy atom. The molecule has 5 nitrogen and oxygen atoms in total. The summed E-state index contributed by atoms with van der Waals surface area (Å²) in [6.07, 6.45) is 2.01. The molecule has 0 N–H and O–H groups in total. The smallest absolute Gasteiger partial charge is 0.235 e. The molecule has 57 heavy (non-hydrogen) atoms. The number of rotatable bonds is 3. The summed E-state index contributed by atoms with van der Waals surface area (Å²) in [5.74, 6) is 0.651. The minimum absolute atomic E-state index is 0.651. The Kier molecular flexibility index (Phi) is 6.10. The molecule has 0 fully saturated rings. The molecule has 4 aromatic heterocycles. The molecule has 13 aromatic rings. The van der Waals surface area contributed by atoms with Crippen LogP contribution in [0.3, 0.4) is 0 Å². The highest BCUT2D eigenvalue weighted by Gasteiger charge is 2.24. The second-order valence-electron chi connectivity index (χ2n) is 14.9. The first-order valence-electron chi connectivity index (χ1n) is 19.3. The van der Waals surface area contributed by atoms with Gasteiger partial charge < -0.3 is 8.98 Å².